The van der Waals surface area contributed by atoms with E-state index >= 15 is 0 Å². The highest BCUT2D eigenvalue weighted by Crippen LogP contribution is 2.43. The fourth-order valence-corrected chi connectivity index (χ4v) is 3.95. The Balaban J connectivity index is 1.87. The predicted molar refractivity (Wildman–Crippen MR) is 96.2 cm³/mol. The quantitative estimate of drug-likeness (QED) is 0.744. The minimum Gasteiger partial charge on any atom is -0.423 e. The maximum Gasteiger partial charge on any atom is 0.483 e. The van der Waals surface area contributed by atoms with Crippen LogP contribution in [0.4, 0.5) is 14.5 Å². The van der Waals surface area contributed by atoms with Gasteiger partial charge in [0.2, 0.25) is 0 Å². The molecule has 0 aliphatic carbocycles. The largest absolute Gasteiger partial charge is 0.483 e. The number of fused-ring (bicyclic) bond motifs is 2. The number of aliphatic hydroxyl groups excluding tert-OH is 1. The van der Waals surface area contributed by atoms with Gasteiger partial charge in [0.05, 0.1) is 22.0 Å². The number of para-hydroxylation sites is 2. The lowest BCUT2D eigenvalue weighted by Crippen LogP contribution is -2.52. The molecule has 1 aliphatic rings. The Labute approximate surface area is 155 Å². The van der Waals surface area contributed by atoms with Gasteiger partial charge in [0, 0.05) is 5.56 Å². The van der Waals surface area contributed by atoms with Crippen molar-refractivity contribution in [2.24, 2.45) is 0 Å². The van der Waals surface area contributed by atoms with Gasteiger partial charge in [-0.15, -0.1) is 0 Å². The second-order valence-electron chi connectivity index (χ2n) is 6.13. The second-order valence-corrected chi connectivity index (χ2v) is 7.12. The third-order valence-electron chi connectivity index (χ3n) is 4.35. The van der Waals surface area contributed by atoms with Gasteiger partial charge in [0.1, 0.15) is 6.67 Å². The molecule has 2 aromatic carbocycles. The molecule has 140 valence electrons. The summed E-state index contributed by atoms with van der Waals surface area (Å²) >= 11 is 0.968. The van der Waals surface area contributed by atoms with Crippen LogP contribution >= 0.6 is 11.3 Å². The summed E-state index contributed by atoms with van der Waals surface area (Å²) in [6.45, 7) is 1.02. The lowest BCUT2D eigenvalue weighted by molar-refractivity contribution is -0.193. The number of nitrogens with zero attached hydrogens (tertiary/aromatic N) is 2. The van der Waals surface area contributed by atoms with Gasteiger partial charge in [-0.05, 0) is 25.1 Å². The lowest BCUT2D eigenvalue weighted by atomic mass is 10.1. The molecule has 0 radical (unpaired) electrons. The zero-order valence-electron chi connectivity index (χ0n) is 14.1. The molecule has 2 heterocycles. The van der Waals surface area contributed by atoms with Crippen LogP contribution in [0.15, 0.2) is 47.3 Å². The van der Waals surface area contributed by atoms with Crippen LogP contribution in [0, 0.1) is 0 Å². The van der Waals surface area contributed by atoms with Crippen LogP contribution in [0.2, 0.25) is 0 Å². The number of hydrogen-bond acceptors (Lipinski definition) is 5. The highest BCUT2D eigenvalue weighted by Gasteiger charge is 2.51. The minimum atomic E-state index is -4.10. The molecule has 1 aromatic heterocycles. The third-order valence-corrected chi connectivity index (χ3v) is 5.31. The average Bonchev–Trinajstić information content (AvgIpc) is 2.93. The van der Waals surface area contributed by atoms with Crippen molar-refractivity contribution in [3.05, 3.63) is 57.7 Å². The summed E-state index contributed by atoms with van der Waals surface area (Å²) in [7, 11) is 0. The molecule has 3 aromatic rings. The molecule has 1 aliphatic heterocycles. The summed E-state index contributed by atoms with van der Waals surface area (Å²) in [4.78, 5) is 25.1. The molecule has 1 unspecified atom stereocenters. The van der Waals surface area contributed by atoms with Crippen molar-refractivity contribution in [2.45, 2.75) is 25.8 Å². The Morgan fingerprint density at radius 2 is 1.93 bits per heavy atom. The van der Waals surface area contributed by atoms with Gasteiger partial charge in [0.15, 0.2) is 5.75 Å². The summed E-state index contributed by atoms with van der Waals surface area (Å²) in [5.74, 6) is -1.84. The zero-order chi connectivity index (χ0) is 19.3. The fourth-order valence-electron chi connectivity index (χ4n) is 3.06. The van der Waals surface area contributed by atoms with Gasteiger partial charge >= 0.3 is 16.9 Å². The maximum absolute atomic E-state index is 14.2. The number of amides is 1. The van der Waals surface area contributed by atoms with Crippen LogP contribution in [-0.4, -0.2) is 21.7 Å². The van der Waals surface area contributed by atoms with E-state index in [2.05, 4.69) is 4.74 Å². The van der Waals surface area contributed by atoms with Crippen molar-refractivity contribution >= 4 is 33.1 Å². The standard InChI is InChI=1S/C18H14F2N2O4S/c1-10(23)11-5-4-7-13-15(11)26-18(19,20)16(24)21(13)9-22-12-6-2-3-8-14(12)27-17(22)25/h2-8,10,23H,9H2,1H3. The lowest BCUT2D eigenvalue weighted by Gasteiger charge is -2.34. The number of anilines is 1. The third kappa shape index (κ3) is 2.79. The van der Waals surface area contributed by atoms with E-state index in [4.69, 9.17) is 0 Å². The summed E-state index contributed by atoms with van der Waals surface area (Å²) in [6.07, 6.45) is -5.18. The highest BCUT2D eigenvalue weighted by atomic mass is 32.1. The Hall–Kier alpha value is -2.78. The molecule has 1 amide bonds. The molecule has 27 heavy (non-hydrogen) atoms. The minimum absolute atomic E-state index is 0.0755. The monoisotopic (exact) mass is 392 g/mol. The Morgan fingerprint density at radius 3 is 2.67 bits per heavy atom. The number of hydrogen-bond donors (Lipinski definition) is 1. The van der Waals surface area contributed by atoms with E-state index in [9.17, 15) is 23.5 Å². The van der Waals surface area contributed by atoms with E-state index in [1.807, 2.05) is 0 Å². The summed E-state index contributed by atoms with van der Waals surface area (Å²) in [5.41, 5.74) is 0.752. The van der Waals surface area contributed by atoms with Gasteiger partial charge in [-0.1, -0.05) is 35.6 Å². The molecule has 0 saturated heterocycles. The van der Waals surface area contributed by atoms with Crippen LogP contribution < -0.4 is 14.5 Å². The van der Waals surface area contributed by atoms with Gasteiger partial charge in [-0.3, -0.25) is 19.1 Å². The number of thiazole rings is 1. The van der Waals surface area contributed by atoms with E-state index in [1.165, 1.54) is 29.7 Å². The first kappa shape index (κ1) is 17.6. The number of halogens is 2. The number of alkyl halides is 2. The highest BCUT2D eigenvalue weighted by molar-refractivity contribution is 7.16. The number of carbonyl (C=O) groups is 1. The number of aliphatic hydroxyl groups is 1. The molecule has 0 spiro atoms. The molecule has 0 fully saturated rings. The maximum atomic E-state index is 14.2. The van der Waals surface area contributed by atoms with Crippen LogP contribution in [-0.2, 0) is 11.5 Å². The normalized spacial score (nSPS) is 16.9. The molecule has 1 atom stereocenters. The van der Waals surface area contributed by atoms with Crippen LogP contribution in [0.3, 0.4) is 0 Å². The van der Waals surface area contributed by atoms with Gasteiger partial charge in [-0.2, -0.15) is 8.78 Å². The number of carbonyl (C=O) groups excluding carboxylic acids is 1. The first-order valence-corrected chi connectivity index (χ1v) is 8.89. The second kappa shape index (κ2) is 6.14. The molecule has 1 N–H and O–H groups in total. The van der Waals surface area contributed by atoms with E-state index in [0.717, 1.165) is 16.2 Å². The first-order valence-electron chi connectivity index (χ1n) is 8.08. The average molecular weight is 392 g/mol. The van der Waals surface area contributed by atoms with Crippen molar-refractivity contribution in [1.29, 1.82) is 0 Å². The number of rotatable bonds is 3. The molecule has 0 saturated carbocycles. The molecule has 0 bridgehead atoms. The van der Waals surface area contributed by atoms with Crippen molar-refractivity contribution in [2.75, 3.05) is 4.90 Å². The van der Waals surface area contributed by atoms with Gasteiger partial charge in [-0.25, -0.2) is 0 Å². The van der Waals surface area contributed by atoms with Gasteiger partial charge < -0.3 is 9.84 Å². The van der Waals surface area contributed by atoms with Crippen LogP contribution in [0.25, 0.3) is 10.2 Å². The topological polar surface area (TPSA) is 71.8 Å². The number of benzene rings is 2. The van der Waals surface area contributed by atoms with Crippen LogP contribution in [0.5, 0.6) is 5.75 Å². The van der Waals surface area contributed by atoms with Crippen molar-refractivity contribution in [3.8, 4) is 5.75 Å². The Kier molecular flexibility index (Phi) is 4.01. The summed E-state index contributed by atoms with van der Waals surface area (Å²) in [6, 6.07) is 11.3. The Morgan fingerprint density at radius 1 is 1.19 bits per heavy atom. The Bertz CT molecular complexity index is 1110. The molecular weight excluding hydrogens is 378 g/mol. The first-order chi connectivity index (χ1) is 12.8. The number of ether oxygens (including phenoxy) is 1. The molecule has 9 heteroatoms. The molecule has 4 rings (SSSR count). The SMILES string of the molecule is CC(O)c1cccc2c1OC(F)(F)C(=O)N2Cn1c(=O)sc2ccccc21. The van der Waals surface area contributed by atoms with E-state index in [1.54, 1.807) is 24.3 Å². The summed E-state index contributed by atoms with van der Waals surface area (Å²) < 4.78 is 35.0. The fraction of sp³-hybridized carbons (Fsp3) is 0.222. The predicted octanol–water partition coefficient (Wildman–Crippen LogP) is 3.09. The van der Waals surface area contributed by atoms with Crippen molar-refractivity contribution in [1.82, 2.24) is 4.57 Å². The molecular formula is C18H14F2N2O4S. The van der Waals surface area contributed by atoms with E-state index < -0.39 is 24.8 Å². The van der Waals surface area contributed by atoms with E-state index in [0.29, 0.717) is 10.2 Å². The summed E-state index contributed by atoms with van der Waals surface area (Å²) in [5, 5.41) is 9.86. The molecule has 6 nitrogen and oxygen atoms in total. The van der Waals surface area contributed by atoms with E-state index in [-0.39, 0.29) is 21.9 Å². The van der Waals surface area contributed by atoms with Crippen molar-refractivity contribution < 1.29 is 23.4 Å². The van der Waals surface area contributed by atoms with Crippen LogP contribution in [0.1, 0.15) is 18.6 Å². The number of aromatic nitrogens is 1. The van der Waals surface area contributed by atoms with Gasteiger partial charge in [0.25, 0.3) is 0 Å². The smallest absolute Gasteiger partial charge is 0.423 e. The van der Waals surface area contributed by atoms with Crippen molar-refractivity contribution in [3.63, 3.8) is 0 Å². The zero-order valence-corrected chi connectivity index (χ0v) is 14.9.